The number of hydrogen-bond donors (Lipinski definition) is 1. The Morgan fingerprint density at radius 1 is 1.40 bits per heavy atom. The Labute approximate surface area is 119 Å². The zero-order chi connectivity index (χ0) is 14.9. The molecule has 0 aromatic heterocycles. The molecular formula is C14H20FNO3S. The Balaban J connectivity index is 2.42. The Morgan fingerprint density at radius 2 is 2.10 bits per heavy atom. The van der Waals surface area contributed by atoms with Crippen molar-refractivity contribution in [1.82, 2.24) is 4.31 Å². The predicted octanol–water partition coefficient (Wildman–Crippen LogP) is 2.06. The number of aliphatic hydroxyl groups excluding tert-OH is 1. The monoisotopic (exact) mass is 301 g/mol. The summed E-state index contributed by atoms with van der Waals surface area (Å²) in [7, 11) is -3.91. The minimum atomic E-state index is -3.91. The van der Waals surface area contributed by atoms with Gasteiger partial charge in [-0.3, -0.25) is 0 Å². The first-order chi connectivity index (χ1) is 9.34. The van der Waals surface area contributed by atoms with Gasteiger partial charge in [0.25, 0.3) is 0 Å². The average Bonchev–Trinajstić information content (AvgIpc) is 2.38. The van der Waals surface area contributed by atoms with Gasteiger partial charge in [-0.2, -0.15) is 4.31 Å². The van der Waals surface area contributed by atoms with Gasteiger partial charge in [-0.05, 0) is 44.4 Å². The summed E-state index contributed by atoms with van der Waals surface area (Å²) in [5.74, 6) is -0.736. The van der Waals surface area contributed by atoms with E-state index in [0.29, 0.717) is 18.5 Å². The molecule has 1 N–H and O–H groups in total. The fourth-order valence-electron chi connectivity index (χ4n) is 2.65. The van der Waals surface area contributed by atoms with Crippen LogP contribution in [-0.2, 0) is 10.0 Å². The molecule has 0 saturated carbocycles. The topological polar surface area (TPSA) is 57.6 Å². The normalized spacial score (nSPS) is 22.7. The van der Waals surface area contributed by atoms with Crippen molar-refractivity contribution in [2.45, 2.75) is 50.2 Å². The first-order valence-corrected chi connectivity index (χ1v) is 8.24. The van der Waals surface area contributed by atoms with Crippen molar-refractivity contribution in [3.8, 4) is 0 Å². The number of hydrogen-bond acceptors (Lipinski definition) is 3. The molecule has 2 rings (SSSR count). The molecule has 1 aromatic carbocycles. The van der Waals surface area contributed by atoms with Crippen molar-refractivity contribution in [2.24, 2.45) is 0 Å². The minimum absolute atomic E-state index is 0.310. The molecule has 20 heavy (non-hydrogen) atoms. The number of aliphatic hydroxyl groups is 1. The summed E-state index contributed by atoms with van der Waals surface area (Å²) in [6.45, 7) is 3.61. The zero-order valence-corrected chi connectivity index (χ0v) is 12.5. The standard InChI is InChI=1S/C14H20FNO3S/c1-10-6-7-14(12(15)9-10)20(18,19)16-8-4-3-5-13(16)11(2)17/h6-7,9,11,13,17H,3-5,8H2,1-2H3/t11-,13+/m0/s1. The number of rotatable bonds is 3. The molecule has 112 valence electrons. The van der Waals surface area contributed by atoms with Crippen LogP contribution in [0.4, 0.5) is 4.39 Å². The lowest BCUT2D eigenvalue weighted by Gasteiger charge is -2.36. The van der Waals surface area contributed by atoms with Gasteiger partial charge < -0.3 is 5.11 Å². The van der Waals surface area contributed by atoms with E-state index in [2.05, 4.69) is 0 Å². The molecule has 1 aliphatic heterocycles. The van der Waals surface area contributed by atoms with Crippen molar-refractivity contribution < 1.29 is 17.9 Å². The number of nitrogens with zero attached hydrogens (tertiary/aromatic N) is 1. The van der Waals surface area contributed by atoms with E-state index < -0.39 is 28.0 Å². The number of aryl methyl sites for hydroxylation is 1. The average molecular weight is 301 g/mol. The summed E-state index contributed by atoms with van der Waals surface area (Å²) >= 11 is 0. The molecule has 0 unspecified atom stereocenters. The van der Waals surface area contributed by atoms with E-state index in [0.717, 1.165) is 12.8 Å². The van der Waals surface area contributed by atoms with Crippen molar-refractivity contribution in [1.29, 1.82) is 0 Å². The third kappa shape index (κ3) is 2.87. The van der Waals surface area contributed by atoms with Crippen molar-refractivity contribution in [3.05, 3.63) is 29.6 Å². The van der Waals surface area contributed by atoms with Crippen LogP contribution >= 0.6 is 0 Å². The quantitative estimate of drug-likeness (QED) is 0.929. The maximum atomic E-state index is 14.0. The second-order valence-electron chi connectivity index (χ2n) is 5.35. The summed E-state index contributed by atoms with van der Waals surface area (Å²) in [4.78, 5) is -0.310. The van der Waals surface area contributed by atoms with Gasteiger partial charge in [-0.25, -0.2) is 12.8 Å². The molecule has 2 atom stereocenters. The third-order valence-electron chi connectivity index (χ3n) is 3.73. The van der Waals surface area contributed by atoms with Crippen LogP contribution in [0.25, 0.3) is 0 Å². The first kappa shape index (κ1) is 15.4. The fraction of sp³-hybridized carbons (Fsp3) is 0.571. The van der Waals surface area contributed by atoms with Gasteiger partial charge in [-0.1, -0.05) is 12.5 Å². The number of sulfonamides is 1. The van der Waals surface area contributed by atoms with Crippen molar-refractivity contribution in [3.63, 3.8) is 0 Å². The Kier molecular flexibility index (Phi) is 4.46. The van der Waals surface area contributed by atoms with E-state index in [1.807, 2.05) is 0 Å². The fourth-order valence-corrected chi connectivity index (χ4v) is 4.46. The number of halogens is 1. The molecule has 1 heterocycles. The highest BCUT2D eigenvalue weighted by molar-refractivity contribution is 7.89. The van der Waals surface area contributed by atoms with Crippen LogP contribution < -0.4 is 0 Å². The maximum absolute atomic E-state index is 14.0. The number of piperidine rings is 1. The predicted molar refractivity (Wildman–Crippen MR) is 74.3 cm³/mol. The van der Waals surface area contributed by atoms with Crippen LogP contribution in [0.5, 0.6) is 0 Å². The molecular weight excluding hydrogens is 281 g/mol. The molecule has 4 nitrogen and oxygen atoms in total. The van der Waals surface area contributed by atoms with Crippen molar-refractivity contribution >= 4 is 10.0 Å². The summed E-state index contributed by atoms with van der Waals surface area (Å²) in [5, 5.41) is 9.77. The van der Waals surface area contributed by atoms with Crippen molar-refractivity contribution in [2.75, 3.05) is 6.54 Å². The Bertz CT molecular complexity index is 586. The van der Waals surface area contributed by atoms with Crippen LogP contribution in [0.3, 0.4) is 0 Å². The van der Waals surface area contributed by atoms with Gasteiger partial charge >= 0.3 is 0 Å². The second-order valence-corrected chi connectivity index (χ2v) is 7.21. The molecule has 1 saturated heterocycles. The molecule has 1 fully saturated rings. The summed E-state index contributed by atoms with van der Waals surface area (Å²) < 4.78 is 40.4. The lowest BCUT2D eigenvalue weighted by atomic mass is 10.0. The molecule has 0 amide bonds. The Morgan fingerprint density at radius 3 is 2.70 bits per heavy atom. The summed E-state index contributed by atoms with van der Waals surface area (Å²) in [6.07, 6.45) is 1.44. The third-order valence-corrected chi connectivity index (χ3v) is 5.69. The molecule has 0 bridgehead atoms. The van der Waals surface area contributed by atoms with Crippen LogP contribution in [0.15, 0.2) is 23.1 Å². The lowest BCUT2D eigenvalue weighted by Crippen LogP contribution is -2.48. The minimum Gasteiger partial charge on any atom is -0.392 e. The van der Waals surface area contributed by atoms with E-state index in [9.17, 15) is 17.9 Å². The van der Waals surface area contributed by atoms with Crippen LogP contribution in [0.2, 0.25) is 0 Å². The van der Waals surface area contributed by atoms with Gasteiger partial charge in [-0.15, -0.1) is 0 Å². The molecule has 0 spiro atoms. The Hall–Kier alpha value is -0.980. The van der Waals surface area contributed by atoms with E-state index in [4.69, 9.17) is 0 Å². The summed E-state index contributed by atoms with van der Waals surface area (Å²) in [6, 6.07) is 3.62. The zero-order valence-electron chi connectivity index (χ0n) is 11.7. The van der Waals surface area contributed by atoms with E-state index in [1.165, 1.54) is 16.4 Å². The highest BCUT2D eigenvalue weighted by Gasteiger charge is 2.37. The molecule has 1 aromatic rings. The van der Waals surface area contributed by atoms with Gasteiger partial charge in [0, 0.05) is 6.54 Å². The van der Waals surface area contributed by atoms with Crippen LogP contribution in [-0.4, -0.2) is 36.5 Å². The number of benzene rings is 1. The molecule has 0 radical (unpaired) electrons. The molecule has 0 aliphatic carbocycles. The first-order valence-electron chi connectivity index (χ1n) is 6.80. The van der Waals surface area contributed by atoms with E-state index in [1.54, 1.807) is 19.9 Å². The van der Waals surface area contributed by atoms with Gasteiger partial charge in [0.1, 0.15) is 10.7 Å². The SMILES string of the molecule is Cc1ccc(S(=O)(=O)N2CCCC[C@@H]2[C@H](C)O)c(F)c1. The highest BCUT2D eigenvalue weighted by atomic mass is 32.2. The molecule has 1 aliphatic rings. The molecule has 6 heteroatoms. The highest BCUT2D eigenvalue weighted by Crippen LogP contribution is 2.28. The largest absolute Gasteiger partial charge is 0.392 e. The van der Waals surface area contributed by atoms with Crippen LogP contribution in [0, 0.1) is 12.7 Å². The van der Waals surface area contributed by atoms with E-state index >= 15 is 0 Å². The lowest BCUT2D eigenvalue weighted by molar-refractivity contribution is 0.0830. The smallest absolute Gasteiger partial charge is 0.246 e. The summed E-state index contributed by atoms with van der Waals surface area (Å²) in [5.41, 5.74) is 0.673. The van der Waals surface area contributed by atoms with Gasteiger partial charge in [0.15, 0.2) is 0 Å². The van der Waals surface area contributed by atoms with Crippen LogP contribution in [0.1, 0.15) is 31.7 Å². The van der Waals surface area contributed by atoms with Gasteiger partial charge in [0.2, 0.25) is 10.0 Å². The van der Waals surface area contributed by atoms with E-state index in [-0.39, 0.29) is 4.90 Å². The second kappa shape index (κ2) is 5.79. The maximum Gasteiger partial charge on any atom is 0.246 e. The van der Waals surface area contributed by atoms with Gasteiger partial charge in [0.05, 0.1) is 12.1 Å².